The molecule has 0 bridgehead atoms. The maximum atomic E-state index is 15.4. The van der Waals surface area contributed by atoms with Crippen molar-refractivity contribution in [3.63, 3.8) is 0 Å². The second-order valence-corrected chi connectivity index (χ2v) is 8.53. The Bertz CT molecular complexity index is 1470. The summed E-state index contributed by atoms with van der Waals surface area (Å²) < 4.78 is 17.2. The molecule has 182 valence electrons. The first-order chi connectivity index (χ1) is 17.5. The normalized spacial score (nSPS) is 15.6. The Labute approximate surface area is 206 Å². The van der Waals surface area contributed by atoms with E-state index in [2.05, 4.69) is 21.9 Å². The number of pyridine rings is 2. The van der Waals surface area contributed by atoms with E-state index in [1.165, 1.54) is 18.2 Å². The number of nitrogens with two attached hydrogens (primary N) is 1. The van der Waals surface area contributed by atoms with Crippen molar-refractivity contribution in [3.05, 3.63) is 78.9 Å². The summed E-state index contributed by atoms with van der Waals surface area (Å²) in [7, 11) is 0. The van der Waals surface area contributed by atoms with Crippen molar-refractivity contribution in [2.45, 2.75) is 18.9 Å². The molecule has 2 amide bonds. The van der Waals surface area contributed by atoms with Crippen molar-refractivity contribution in [1.29, 1.82) is 0 Å². The molecule has 0 saturated carbocycles. The Morgan fingerprint density at radius 1 is 1.17 bits per heavy atom. The van der Waals surface area contributed by atoms with E-state index < -0.39 is 11.7 Å². The lowest BCUT2D eigenvalue weighted by Crippen LogP contribution is -2.40. The highest BCUT2D eigenvalue weighted by Gasteiger charge is 2.28. The largest absolute Gasteiger partial charge is 0.383 e. The number of halogens is 1. The number of rotatable bonds is 5. The summed E-state index contributed by atoms with van der Waals surface area (Å²) in [5.74, 6) is -0.648. The van der Waals surface area contributed by atoms with Gasteiger partial charge in [-0.2, -0.15) is 5.10 Å². The number of nitrogens with zero attached hydrogens (tertiary/aromatic N) is 5. The van der Waals surface area contributed by atoms with Crippen LogP contribution in [0.2, 0.25) is 0 Å². The van der Waals surface area contributed by atoms with E-state index in [1.54, 1.807) is 46.2 Å². The Kier molecular flexibility index (Phi) is 6.16. The lowest BCUT2D eigenvalue weighted by Gasteiger charge is -2.32. The lowest BCUT2D eigenvalue weighted by molar-refractivity contribution is -0.127. The number of fused-ring (bicyclic) bond motifs is 1. The Morgan fingerprint density at radius 2 is 2.03 bits per heavy atom. The number of carbonyl (C=O) groups is 2. The molecule has 3 N–H and O–H groups in total. The highest BCUT2D eigenvalue weighted by atomic mass is 19.1. The smallest absolute Gasteiger partial charge is 0.256 e. The first-order valence-corrected chi connectivity index (χ1v) is 11.5. The zero-order valence-electron chi connectivity index (χ0n) is 19.4. The molecule has 1 aromatic carbocycles. The Balaban J connectivity index is 1.52. The fourth-order valence-electron chi connectivity index (χ4n) is 4.54. The third-order valence-electron chi connectivity index (χ3n) is 6.27. The summed E-state index contributed by atoms with van der Waals surface area (Å²) in [6, 6.07) is 11.0. The first-order valence-electron chi connectivity index (χ1n) is 11.5. The van der Waals surface area contributed by atoms with E-state index in [0.717, 1.165) is 18.9 Å². The predicted octanol–water partition coefficient (Wildman–Crippen LogP) is 3.82. The fraction of sp³-hybridized carbons (Fsp3) is 0.192. The van der Waals surface area contributed by atoms with Gasteiger partial charge in [0, 0.05) is 36.6 Å². The van der Waals surface area contributed by atoms with Crippen molar-refractivity contribution in [2.75, 3.05) is 24.1 Å². The van der Waals surface area contributed by atoms with Gasteiger partial charge in [0.05, 0.1) is 16.9 Å². The molecule has 4 heterocycles. The molecule has 9 nitrogen and oxygen atoms in total. The number of carbonyl (C=O) groups excluding carboxylic acids is 2. The molecule has 1 fully saturated rings. The Morgan fingerprint density at radius 3 is 2.78 bits per heavy atom. The van der Waals surface area contributed by atoms with E-state index in [0.29, 0.717) is 35.5 Å². The molecule has 1 aliphatic heterocycles. The third kappa shape index (κ3) is 4.28. The van der Waals surface area contributed by atoms with Crippen molar-refractivity contribution in [3.8, 4) is 11.3 Å². The average Bonchev–Trinajstić information content (AvgIpc) is 3.29. The molecule has 5 rings (SSSR count). The van der Waals surface area contributed by atoms with Crippen molar-refractivity contribution < 1.29 is 14.0 Å². The highest BCUT2D eigenvalue weighted by molar-refractivity contribution is 6.05. The van der Waals surface area contributed by atoms with E-state index in [-0.39, 0.29) is 28.9 Å². The summed E-state index contributed by atoms with van der Waals surface area (Å²) >= 11 is 0. The summed E-state index contributed by atoms with van der Waals surface area (Å²) in [4.78, 5) is 34.8. The predicted molar refractivity (Wildman–Crippen MR) is 135 cm³/mol. The quantitative estimate of drug-likeness (QED) is 0.415. The van der Waals surface area contributed by atoms with Crippen molar-refractivity contribution >= 4 is 34.4 Å². The van der Waals surface area contributed by atoms with Crippen LogP contribution in [0.5, 0.6) is 0 Å². The van der Waals surface area contributed by atoms with E-state index in [1.807, 2.05) is 0 Å². The molecule has 4 aromatic rings. The number of benzene rings is 1. The summed E-state index contributed by atoms with van der Waals surface area (Å²) in [6.45, 7) is 4.68. The number of likely N-dealkylation sites (tertiary alicyclic amines) is 1. The van der Waals surface area contributed by atoms with Gasteiger partial charge in [-0.15, -0.1) is 0 Å². The second kappa shape index (κ2) is 9.57. The topological polar surface area (TPSA) is 119 Å². The number of hydrogen-bond donors (Lipinski definition) is 2. The minimum atomic E-state index is -0.620. The molecule has 0 aliphatic carbocycles. The maximum Gasteiger partial charge on any atom is 0.256 e. The van der Waals surface area contributed by atoms with Crippen LogP contribution in [0.4, 0.5) is 16.0 Å². The van der Waals surface area contributed by atoms with Gasteiger partial charge in [0.1, 0.15) is 23.1 Å². The third-order valence-corrected chi connectivity index (χ3v) is 6.27. The standard InChI is InChI=1S/C26H24FN7O2/c1-2-22(35)33-13-5-6-17(15-33)34-20-10-12-30-25(28)23(20)24(32-34)18-9-8-16(14-19(18)27)26(36)31-21-7-3-4-11-29-21/h2-4,7-12,14,17H,1,5-6,13,15H2,(H2,28,30)(H,29,31,36). The number of aromatic nitrogens is 4. The van der Waals surface area contributed by atoms with Crippen LogP contribution in [0.3, 0.4) is 0 Å². The Hall–Kier alpha value is -4.60. The van der Waals surface area contributed by atoms with Crippen LogP contribution in [0.1, 0.15) is 29.2 Å². The first kappa shape index (κ1) is 23.2. The van der Waals surface area contributed by atoms with Gasteiger partial charge in [-0.1, -0.05) is 12.6 Å². The molecule has 1 saturated heterocycles. The highest BCUT2D eigenvalue weighted by Crippen LogP contribution is 2.36. The van der Waals surface area contributed by atoms with Crippen LogP contribution in [0.25, 0.3) is 22.2 Å². The minimum absolute atomic E-state index is 0.118. The van der Waals surface area contributed by atoms with E-state index in [4.69, 9.17) is 10.8 Å². The molecule has 1 atom stereocenters. The van der Waals surface area contributed by atoms with Gasteiger partial charge in [-0.25, -0.2) is 14.4 Å². The second-order valence-electron chi connectivity index (χ2n) is 8.53. The summed E-state index contributed by atoms with van der Waals surface area (Å²) in [6.07, 6.45) is 6.04. The zero-order chi connectivity index (χ0) is 25.2. The van der Waals surface area contributed by atoms with Gasteiger partial charge in [0.15, 0.2) is 0 Å². The molecule has 10 heteroatoms. The average molecular weight is 486 g/mol. The number of nitrogens with one attached hydrogen (secondary N) is 1. The van der Waals surface area contributed by atoms with Crippen molar-refractivity contribution in [2.24, 2.45) is 0 Å². The fourth-order valence-corrected chi connectivity index (χ4v) is 4.54. The van der Waals surface area contributed by atoms with Gasteiger partial charge in [0.2, 0.25) is 5.91 Å². The number of nitrogen functional groups attached to an aromatic ring is 1. The monoisotopic (exact) mass is 485 g/mol. The molecule has 3 aromatic heterocycles. The summed E-state index contributed by atoms with van der Waals surface area (Å²) in [5, 5.41) is 7.91. The van der Waals surface area contributed by atoms with Crippen LogP contribution >= 0.6 is 0 Å². The van der Waals surface area contributed by atoms with Crippen molar-refractivity contribution in [1.82, 2.24) is 24.6 Å². The number of piperidine rings is 1. The number of amides is 2. The van der Waals surface area contributed by atoms with Crippen LogP contribution < -0.4 is 11.1 Å². The minimum Gasteiger partial charge on any atom is -0.383 e. The molecule has 0 spiro atoms. The summed E-state index contributed by atoms with van der Waals surface area (Å²) in [5.41, 5.74) is 7.58. The van der Waals surface area contributed by atoms with Gasteiger partial charge in [0.25, 0.3) is 5.91 Å². The molecular formula is C26H24FN7O2. The molecule has 1 unspecified atom stereocenters. The molecule has 0 radical (unpaired) electrons. The van der Waals surface area contributed by atoms with Crippen LogP contribution in [-0.4, -0.2) is 49.6 Å². The number of hydrogen-bond acceptors (Lipinski definition) is 6. The zero-order valence-corrected chi connectivity index (χ0v) is 19.4. The van der Waals surface area contributed by atoms with Gasteiger partial charge in [-0.05, 0) is 55.3 Å². The van der Waals surface area contributed by atoms with Gasteiger partial charge in [-0.3, -0.25) is 14.3 Å². The SMILES string of the molecule is C=CC(=O)N1CCCC(n2nc(-c3ccc(C(=O)Nc4ccccn4)cc3F)c3c(N)nccc32)C1. The van der Waals surface area contributed by atoms with Gasteiger partial charge < -0.3 is 16.0 Å². The van der Waals surface area contributed by atoms with Crippen LogP contribution in [0, 0.1) is 5.82 Å². The maximum absolute atomic E-state index is 15.4. The van der Waals surface area contributed by atoms with Crippen LogP contribution in [-0.2, 0) is 4.79 Å². The lowest BCUT2D eigenvalue weighted by atomic mass is 10.0. The molecule has 1 aliphatic rings. The van der Waals surface area contributed by atoms with E-state index >= 15 is 4.39 Å². The molecule has 36 heavy (non-hydrogen) atoms. The molecular weight excluding hydrogens is 461 g/mol. The number of anilines is 2. The van der Waals surface area contributed by atoms with E-state index in [9.17, 15) is 9.59 Å². The van der Waals surface area contributed by atoms with Gasteiger partial charge >= 0.3 is 0 Å². The van der Waals surface area contributed by atoms with Crippen LogP contribution in [0.15, 0.2) is 67.5 Å².